The zero-order valence-electron chi connectivity index (χ0n) is 10.7. The average molecular weight is 266 g/mol. The first-order valence-electron chi connectivity index (χ1n) is 6.21. The molecule has 1 spiro atoms. The van der Waals surface area contributed by atoms with Crippen LogP contribution in [0.5, 0.6) is 0 Å². The summed E-state index contributed by atoms with van der Waals surface area (Å²) in [7, 11) is -3.29. The van der Waals surface area contributed by atoms with Crippen molar-refractivity contribution in [2.45, 2.75) is 18.7 Å². The Morgan fingerprint density at radius 2 is 1.89 bits per heavy atom. The zero-order valence-corrected chi connectivity index (χ0v) is 11.5. The standard InChI is InChI=1S/C13H18N2O2S/c1-10-3-4-12(11(2)5-10)18(16,17)15-8-13(9-15)6-14-7-13/h3-5,14H,6-9H2,1-2H3. The van der Waals surface area contributed by atoms with Crippen LogP contribution in [0.4, 0.5) is 0 Å². The first kappa shape index (κ1) is 12.1. The Balaban J connectivity index is 1.86. The molecule has 2 heterocycles. The lowest BCUT2D eigenvalue weighted by Crippen LogP contribution is -2.71. The summed E-state index contributed by atoms with van der Waals surface area (Å²) in [5, 5.41) is 3.21. The molecule has 0 aromatic heterocycles. The third kappa shape index (κ3) is 1.69. The highest BCUT2D eigenvalue weighted by Gasteiger charge is 2.51. The van der Waals surface area contributed by atoms with Crippen LogP contribution in [0.1, 0.15) is 11.1 Å². The summed E-state index contributed by atoms with van der Waals surface area (Å²) in [6.45, 7) is 7.06. The Hall–Kier alpha value is -0.910. The SMILES string of the molecule is Cc1ccc(S(=O)(=O)N2CC3(CNC3)C2)c(C)c1. The normalized spacial score (nSPS) is 22.6. The fourth-order valence-electron chi connectivity index (χ4n) is 2.80. The minimum atomic E-state index is -3.29. The summed E-state index contributed by atoms with van der Waals surface area (Å²) < 4.78 is 26.6. The molecule has 5 heteroatoms. The predicted molar refractivity (Wildman–Crippen MR) is 70.0 cm³/mol. The number of hydrogen-bond acceptors (Lipinski definition) is 3. The van der Waals surface area contributed by atoms with Crippen molar-refractivity contribution >= 4 is 10.0 Å². The maximum Gasteiger partial charge on any atom is 0.243 e. The Bertz CT molecular complexity index is 583. The van der Waals surface area contributed by atoms with Crippen LogP contribution in [-0.2, 0) is 10.0 Å². The Morgan fingerprint density at radius 3 is 2.39 bits per heavy atom. The van der Waals surface area contributed by atoms with Crippen molar-refractivity contribution in [2.24, 2.45) is 5.41 Å². The molecule has 98 valence electrons. The lowest BCUT2D eigenvalue weighted by molar-refractivity contribution is 0.0164. The van der Waals surface area contributed by atoms with Crippen molar-refractivity contribution in [1.29, 1.82) is 0 Å². The van der Waals surface area contributed by atoms with E-state index >= 15 is 0 Å². The molecule has 2 fully saturated rings. The number of rotatable bonds is 2. The number of aryl methyl sites for hydroxylation is 2. The molecule has 1 aromatic carbocycles. The Labute approximate surface area is 108 Å². The molecule has 2 aliphatic rings. The molecule has 0 atom stereocenters. The van der Waals surface area contributed by atoms with Crippen LogP contribution < -0.4 is 5.32 Å². The predicted octanol–water partition coefficient (Wildman–Crippen LogP) is 0.897. The van der Waals surface area contributed by atoms with Crippen LogP contribution >= 0.6 is 0 Å². The third-order valence-corrected chi connectivity index (χ3v) is 5.92. The molecule has 0 unspecified atom stereocenters. The quantitative estimate of drug-likeness (QED) is 0.865. The van der Waals surface area contributed by atoms with E-state index in [1.54, 1.807) is 10.4 Å². The lowest BCUT2D eigenvalue weighted by atomic mass is 9.76. The van der Waals surface area contributed by atoms with Crippen LogP contribution in [0.2, 0.25) is 0 Å². The van der Waals surface area contributed by atoms with E-state index in [1.807, 2.05) is 26.0 Å². The molecule has 18 heavy (non-hydrogen) atoms. The number of nitrogens with one attached hydrogen (secondary N) is 1. The fraction of sp³-hybridized carbons (Fsp3) is 0.538. The van der Waals surface area contributed by atoms with Gasteiger partial charge in [0, 0.05) is 31.6 Å². The van der Waals surface area contributed by atoms with Gasteiger partial charge in [0.25, 0.3) is 0 Å². The van der Waals surface area contributed by atoms with Gasteiger partial charge in [-0.15, -0.1) is 0 Å². The van der Waals surface area contributed by atoms with Crippen molar-refractivity contribution in [3.63, 3.8) is 0 Å². The highest BCUT2D eigenvalue weighted by Crippen LogP contribution is 2.38. The number of sulfonamides is 1. The minimum Gasteiger partial charge on any atom is -0.315 e. The van der Waals surface area contributed by atoms with Gasteiger partial charge in [-0.05, 0) is 25.5 Å². The second kappa shape index (κ2) is 3.79. The van der Waals surface area contributed by atoms with Crippen LogP contribution in [0.15, 0.2) is 23.1 Å². The van der Waals surface area contributed by atoms with E-state index < -0.39 is 10.0 Å². The summed E-state index contributed by atoms with van der Waals surface area (Å²) in [5.74, 6) is 0. The van der Waals surface area contributed by atoms with Gasteiger partial charge < -0.3 is 5.32 Å². The zero-order chi connectivity index (χ0) is 13.0. The number of hydrogen-bond donors (Lipinski definition) is 1. The first-order valence-corrected chi connectivity index (χ1v) is 7.65. The molecular formula is C13H18N2O2S. The van der Waals surface area contributed by atoms with E-state index in [2.05, 4.69) is 5.32 Å². The first-order chi connectivity index (χ1) is 8.43. The van der Waals surface area contributed by atoms with Crippen LogP contribution in [0.3, 0.4) is 0 Å². The van der Waals surface area contributed by atoms with E-state index in [0.717, 1.165) is 24.2 Å². The fourth-order valence-corrected chi connectivity index (χ4v) is 4.67. The van der Waals surface area contributed by atoms with Gasteiger partial charge in [0.2, 0.25) is 10.0 Å². The Kier molecular flexibility index (Phi) is 2.56. The van der Waals surface area contributed by atoms with Crippen LogP contribution in [0, 0.1) is 19.3 Å². The van der Waals surface area contributed by atoms with Gasteiger partial charge in [0.15, 0.2) is 0 Å². The van der Waals surface area contributed by atoms with Gasteiger partial charge in [-0.25, -0.2) is 8.42 Å². The van der Waals surface area contributed by atoms with E-state index in [9.17, 15) is 8.42 Å². The molecule has 2 aliphatic heterocycles. The highest BCUT2D eigenvalue weighted by atomic mass is 32.2. The summed E-state index contributed by atoms with van der Waals surface area (Å²) in [6.07, 6.45) is 0. The monoisotopic (exact) mass is 266 g/mol. The summed E-state index contributed by atoms with van der Waals surface area (Å²) in [5.41, 5.74) is 2.16. The largest absolute Gasteiger partial charge is 0.315 e. The second-order valence-electron chi connectivity index (χ2n) is 5.65. The van der Waals surface area contributed by atoms with Crippen molar-refractivity contribution in [3.8, 4) is 0 Å². The van der Waals surface area contributed by atoms with Crippen molar-refractivity contribution in [3.05, 3.63) is 29.3 Å². The molecule has 0 bridgehead atoms. The molecule has 0 aliphatic carbocycles. The summed E-state index contributed by atoms with van der Waals surface area (Å²) >= 11 is 0. The average Bonchev–Trinajstić information content (AvgIpc) is 2.11. The van der Waals surface area contributed by atoms with E-state index in [-0.39, 0.29) is 5.41 Å². The third-order valence-electron chi connectivity index (χ3n) is 3.97. The van der Waals surface area contributed by atoms with Crippen molar-refractivity contribution in [1.82, 2.24) is 9.62 Å². The molecule has 0 radical (unpaired) electrons. The minimum absolute atomic E-state index is 0.228. The van der Waals surface area contributed by atoms with Crippen LogP contribution in [0.25, 0.3) is 0 Å². The topological polar surface area (TPSA) is 49.4 Å². The van der Waals surface area contributed by atoms with Gasteiger partial charge >= 0.3 is 0 Å². The molecule has 4 nitrogen and oxygen atoms in total. The van der Waals surface area contributed by atoms with Gasteiger partial charge in [0.05, 0.1) is 4.90 Å². The van der Waals surface area contributed by atoms with Gasteiger partial charge in [0.1, 0.15) is 0 Å². The molecular weight excluding hydrogens is 248 g/mol. The van der Waals surface area contributed by atoms with Gasteiger partial charge in [-0.3, -0.25) is 0 Å². The molecule has 2 saturated heterocycles. The van der Waals surface area contributed by atoms with Crippen LogP contribution in [-0.4, -0.2) is 38.9 Å². The molecule has 3 rings (SSSR count). The van der Waals surface area contributed by atoms with E-state index in [1.165, 1.54) is 0 Å². The number of nitrogens with zero attached hydrogens (tertiary/aromatic N) is 1. The summed E-state index contributed by atoms with van der Waals surface area (Å²) in [6, 6.07) is 5.51. The molecule has 1 N–H and O–H groups in total. The Morgan fingerprint density at radius 1 is 1.22 bits per heavy atom. The van der Waals surface area contributed by atoms with Crippen molar-refractivity contribution in [2.75, 3.05) is 26.2 Å². The van der Waals surface area contributed by atoms with E-state index in [0.29, 0.717) is 18.0 Å². The van der Waals surface area contributed by atoms with Crippen molar-refractivity contribution < 1.29 is 8.42 Å². The summed E-state index contributed by atoms with van der Waals surface area (Å²) in [4.78, 5) is 0.454. The number of benzene rings is 1. The molecule has 1 aromatic rings. The second-order valence-corrected chi connectivity index (χ2v) is 7.55. The smallest absolute Gasteiger partial charge is 0.243 e. The van der Waals surface area contributed by atoms with Gasteiger partial charge in [-0.1, -0.05) is 17.7 Å². The molecule has 0 amide bonds. The van der Waals surface area contributed by atoms with Gasteiger partial charge in [-0.2, -0.15) is 4.31 Å². The highest BCUT2D eigenvalue weighted by molar-refractivity contribution is 7.89. The van der Waals surface area contributed by atoms with E-state index in [4.69, 9.17) is 0 Å². The maximum absolute atomic E-state index is 12.5. The lowest BCUT2D eigenvalue weighted by Gasteiger charge is -2.55. The maximum atomic E-state index is 12.5. The molecule has 0 saturated carbocycles.